The maximum atomic E-state index is 12.0. The van der Waals surface area contributed by atoms with Crippen molar-refractivity contribution in [3.8, 4) is 11.4 Å². The topological polar surface area (TPSA) is 91.2 Å². The van der Waals surface area contributed by atoms with Gasteiger partial charge in [-0.05, 0) is 31.3 Å². The molecule has 0 aliphatic carbocycles. The van der Waals surface area contributed by atoms with Crippen molar-refractivity contribution in [2.45, 2.75) is 6.92 Å². The molecule has 0 atom stereocenters. The summed E-state index contributed by atoms with van der Waals surface area (Å²) in [5.74, 6) is -0.828. The number of carbonyl (C=O) groups is 1. The van der Waals surface area contributed by atoms with Crippen molar-refractivity contribution in [1.29, 1.82) is 0 Å². The zero-order chi connectivity index (χ0) is 16.8. The van der Waals surface area contributed by atoms with E-state index in [1.54, 1.807) is 0 Å². The van der Waals surface area contributed by atoms with E-state index in [4.69, 9.17) is 12.2 Å². The molecule has 23 heavy (non-hydrogen) atoms. The van der Waals surface area contributed by atoms with Crippen molar-refractivity contribution in [3.63, 3.8) is 0 Å². The average Bonchev–Trinajstić information content (AvgIpc) is 2.93. The Balaban J connectivity index is 1.99. The second kappa shape index (κ2) is 7.41. The molecule has 0 saturated carbocycles. The molecule has 0 radical (unpaired) electrons. The lowest BCUT2D eigenvalue weighted by molar-refractivity contribution is 0.0935. The first kappa shape index (κ1) is 16.5. The molecule has 0 fully saturated rings. The van der Waals surface area contributed by atoms with Crippen LogP contribution in [0.3, 0.4) is 0 Å². The van der Waals surface area contributed by atoms with Crippen LogP contribution in [0.15, 0.2) is 48.7 Å². The van der Waals surface area contributed by atoms with Crippen molar-refractivity contribution in [3.05, 3.63) is 54.4 Å². The molecule has 1 amide bonds. The van der Waals surface area contributed by atoms with Crippen LogP contribution >= 0.6 is 12.2 Å². The minimum absolute atomic E-state index is 0.107. The average molecular weight is 331 g/mol. The number of hydrazine groups is 1. The summed E-state index contributed by atoms with van der Waals surface area (Å²) in [7, 11) is 0. The lowest BCUT2D eigenvalue weighted by Crippen LogP contribution is -2.47. The zero-order valence-corrected chi connectivity index (χ0v) is 13.4. The van der Waals surface area contributed by atoms with Gasteiger partial charge >= 0.3 is 0 Å². The number of rotatable bonds is 4. The molecule has 0 saturated heterocycles. The molecular formula is C15H17N5O2S. The third kappa shape index (κ3) is 4.55. The Morgan fingerprint density at radius 2 is 2.04 bits per heavy atom. The Kier molecular flexibility index (Phi) is 5.32. The van der Waals surface area contributed by atoms with E-state index < -0.39 is 5.91 Å². The number of carbonyl (C=O) groups excluding carboxylic acids is 1. The summed E-state index contributed by atoms with van der Waals surface area (Å²) in [5.41, 5.74) is 6.43. The quantitative estimate of drug-likeness (QED) is 0.383. The number of para-hydroxylation sites is 1. The molecular weight excluding hydrogens is 314 g/mol. The summed E-state index contributed by atoms with van der Waals surface area (Å²) in [6, 6.07) is 9.15. The number of hydrogen-bond acceptors (Lipinski definition) is 4. The van der Waals surface area contributed by atoms with Crippen LogP contribution < -0.4 is 16.2 Å². The number of hydrogen-bond donors (Lipinski definition) is 4. The maximum absolute atomic E-state index is 12.0. The van der Waals surface area contributed by atoms with Gasteiger partial charge in [-0.1, -0.05) is 30.4 Å². The summed E-state index contributed by atoms with van der Waals surface area (Å²) in [6.45, 7) is 6.08. The van der Waals surface area contributed by atoms with Crippen LogP contribution in [-0.4, -0.2) is 32.5 Å². The fraction of sp³-hybridized carbons (Fsp3) is 0.133. The summed E-state index contributed by atoms with van der Waals surface area (Å²) in [6.07, 6.45) is 1.36. The normalized spacial score (nSPS) is 9.96. The molecule has 4 N–H and O–H groups in total. The Morgan fingerprint density at radius 1 is 1.35 bits per heavy atom. The van der Waals surface area contributed by atoms with Crippen LogP contribution in [0.25, 0.3) is 5.69 Å². The number of nitrogens with zero attached hydrogens (tertiary/aromatic N) is 2. The van der Waals surface area contributed by atoms with Crippen molar-refractivity contribution in [2.24, 2.45) is 0 Å². The first-order valence-electron chi connectivity index (χ1n) is 6.80. The molecule has 2 aromatic rings. The number of thiocarbonyl (C=S) groups is 1. The Morgan fingerprint density at radius 3 is 2.70 bits per heavy atom. The van der Waals surface area contributed by atoms with E-state index in [-0.39, 0.29) is 16.6 Å². The highest BCUT2D eigenvalue weighted by atomic mass is 32.1. The van der Waals surface area contributed by atoms with E-state index in [9.17, 15) is 9.90 Å². The molecule has 0 unspecified atom stereocenters. The highest BCUT2D eigenvalue weighted by Gasteiger charge is 2.17. The Bertz CT molecular complexity index is 727. The Hall–Kier alpha value is -2.87. The van der Waals surface area contributed by atoms with E-state index in [2.05, 4.69) is 27.8 Å². The second-order valence-electron chi connectivity index (χ2n) is 4.86. The molecule has 0 aliphatic rings. The summed E-state index contributed by atoms with van der Waals surface area (Å²) in [5, 5.41) is 17.0. The number of nitrogens with one attached hydrogen (secondary N) is 3. The number of aromatic nitrogens is 2. The van der Waals surface area contributed by atoms with Gasteiger partial charge < -0.3 is 10.4 Å². The molecule has 7 nitrogen and oxygen atoms in total. The van der Waals surface area contributed by atoms with E-state index in [1.165, 1.54) is 10.9 Å². The van der Waals surface area contributed by atoms with Gasteiger partial charge in [0.15, 0.2) is 16.6 Å². The largest absolute Gasteiger partial charge is 0.504 e. The molecule has 0 bridgehead atoms. The molecule has 0 spiro atoms. The van der Waals surface area contributed by atoms with Gasteiger partial charge in [-0.15, -0.1) is 0 Å². The van der Waals surface area contributed by atoms with Gasteiger partial charge in [0.1, 0.15) is 0 Å². The summed E-state index contributed by atoms with van der Waals surface area (Å²) >= 11 is 4.99. The second-order valence-corrected chi connectivity index (χ2v) is 5.27. The van der Waals surface area contributed by atoms with Gasteiger partial charge in [-0.25, -0.2) is 4.68 Å². The van der Waals surface area contributed by atoms with Crippen molar-refractivity contribution >= 4 is 23.2 Å². The maximum Gasteiger partial charge on any atom is 0.294 e. The molecule has 0 aliphatic heterocycles. The predicted octanol–water partition coefficient (Wildman–Crippen LogP) is 1.26. The highest BCUT2D eigenvalue weighted by molar-refractivity contribution is 7.80. The van der Waals surface area contributed by atoms with Crippen LogP contribution in [0.4, 0.5) is 0 Å². The van der Waals surface area contributed by atoms with Crippen LogP contribution in [0, 0.1) is 0 Å². The third-order valence-corrected chi connectivity index (χ3v) is 3.02. The number of benzene rings is 1. The number of aromatic hydroxyl groups is 1. The molecule has 1 aromatic heterocycles. The van der Waals surface area contributed by atoms with E-state index in [0.29, 0.717) is 6.54 Å². The van der Waals surface area contributed by atoms with Crippen LogP contribution in [0.2, 0.25) is 0 Å². The minimum atomic E-state index is -0.600. The summed E-state index contributed by atoms with van der Waals surface area (Å²) in [4.78, 5) is 12.0. The molecule has 1 heterocycles. The van der Waals surface area contributed by atoms with Crippen LogP contribution in [0.5, 0.6) is 5.75 Å². The van der Waals surface area contributed by atoms with Gasteiger partial charge in [0.25, 0.3) is 5.91 Å². The van der Waals surface area contributed by atoms with E-state index in [0.717, 1.165) is 11.3 Å². The first-order chi connectivity index (χ1) is 11.0. The standard InChI is InChI=1S/C15H17N5O2S/c1-10(2)8-16-15(23)18-17-14(22)13-12(21)9-20(19-13)11-6-4-3-5-7-11/h3-7,9,21H,1,8H2,2H3,(H,17,22)(H2,16,18,23). The van der Waals surface area contributed by atoms with Gasteiger partial charge in [0.2, 0.25) is 0 Å². The monoisotopic (exact) mass is 331 g/mol. The van der Waals surface area contributed by atoms with E-state index >= 15 is 0 Å². The Labute approximate surface area is 139 Å². The summed E-state index contributed by atoms with van der Waals surface area (Å²) < 4.78 is 1.42. The van der Waals surface area contributed by atoms with Crippen molar-refractivity contribution < 1.29 is 9.90 Å². The van der Waals surface area contributed by atoms with Crippen LogP contribution in [-0.2, 0) is 0 Å². The van der Waals surface area contributed by atoms with Gasteiger partial charge in [-0.2, -0.15) is 5.10 Å². The van der Waals surface area contributed by atoms with Crippen LogP contribution in [0.1, 0.15) is 17.4 Å². The fourth-order valence-electron chi connectivity index (χ4n) is 1.69. The molecule has 8 heteroatoms. The van der Waals surface area contributed by atoms with Crippen molar-refractivity contribution in [2.75, 3.05) is 6.54 Å². The zero-order valence-electron chi connectivity index (χ0n) is 12.5. The third-order valence-electron chi connectivity index (χ3n) is 2.77. The lowest BCUT2D eigenvalue weighted by atomic mass is 10.3. The van der Waals surface area contributed by atoms with Gasteiger partial charge in [0.05, 0.1) is 11.9 Å². The first-order valence-corrected chi connectivity index (χ1v) is 7.21. The predicted molar refractivity (Wildman–Crippen MR) is 91.2 cm³/mol. The molecule has 120 valence electrons. The minimum Gasteiger partial charge on any atom is -0.504 e. The van der Waals surface area contributed by atoms with Gasteiger partial charge in [0, 0.05) is 6.54 Å². The SMILES string of the molecule is C=C(C)CNC(=S)NNC(=O)c1nn(-c2ccccc2)cc1O. The van der Waals surface area contributed by atoms with E-state index in [1.807, 2.05) is 37.3 Å². The molecule has 1 aromatic carbocycles. The van der Waals surface area contributed by atoms with Gasteiger partial charge in [-0.3, -0.25) is 15.6 Å². The highest BCUT2D eigenvalue weighted by Crippen LogP contribution is 2.17. The smallest absolute Gasteiger partial charge is 0.294 e. The lowest BCUT2D eigenvalue weighted by Gasteiger charge is -2.10. The molecule has 2 rings (SSSR count). The number of amides is 1. The van der Waals surface area contributed by atoms with Crippen molar-refractivity contribution in [1.82, 2.24) is 25.9 Å². The fourth-order valence-corrected chi connectivity index (χ4v) is 1.81.